The molecule has 0 saturated carbocycles. The molecule has 1 amide bonds. The summed E-state index contributed by atoms with van der Waals surface area (Å²) in [7, 11) is 1.73. The molecule has 3 aromatic rings. The van der Waals surface area contributed by atoms with Crippen molar-refractivity contribution in [3.8, 4) is 0 Å². The molecule has 0 N–H and O–H groups in total. The second kappa shape index (κ2) is 8.52. The molecule has 1 heterocycles. The highest BCUT2D eigenvalue weighted by Crippen LogP contribution is 2.21. The molecule has 0 aliphatic rings. The van der Waals surface area contributed by atoms with Crippen LogP contribution in [-0.2, 0) is 13.1 Å². The quantitative estimate of drug-likeness (QED) is 0.532. The number of aromatic nitrogens is 2. The maximum atomic E-state index is 13.1. The Morgan fingerprint density at radius 1 is 1.07 bits per heavy atom. The van der Waals surface area contributed by atoms with E-state index in [9.17, 15) is 9.59 Å². The van der Waals surface area contributed by atoms with Gasteiger partial charge in [-0.25, -0.2) is 0 Å². The van der Waals surface area contributed by atoms with Crippen molar-refractivity contribution in [2.45, 2.75) is 26.9 Å². The topological polar surface area (TPSA) is 55.2 Å². The van der Waals surface area contributed by atoms with Crippen molar-refractivity contribution in [3.63, 3.8) is 0 Å². The Kier molecular flexibility index (Phi) is 6.09. The lowest BCUT2D eigenvalue weighted by Crippen LogP contribution is -2.29. The summed E-state index contributed by atoms with van der Waals surface area (Å²) in [6.07, 6.45) is 1.73. The molecule has 0 spiro atoms. The predicted molar refractivity (Wildman–Crippen MR) is 112 cm³/mol. The fourth-order valence-corrected chi connectivity index (χ4v) is 3.47. The first-order chi connectivity index (χ1) is 13.4. The molecule has 2 aromatic carbocycles. The summed E-state index contributed by atoms with van der Waals surface area (Å²) in [5.41, 5.74) is 3.38. The van der Waals surface area contributed by atoms with Crippen LogP contribution >= 0.6 is 15.9 Å². The summed E-state index contributed by atoms with van der Waals surface area (Å²) in [5.74, 6) is -0.357. The van der Waals surface area contributed by atoms with Crippen molar-refractivity contribution in [2.75, 3.05) is 7.05 Å². The molecule has 144 valence electrons. The monoisotopic (exact) mass is 439 g/mol. The van der Waals surface area contributed by atoms with Gasteiger partial charge < -0.3 is 4.90 Å². The minimum Gasteiger partial charge on any atom is -0.336 e. The van der Waals surface area contributed by atoms with Gasteiger partial charge in [0.05, 0.1) is 28.5 Å². The van der Waals surface area contributed by atoms with Crippen LogP contribution in [0.2, 0.25) is 0 Å². The van der Waals surface area contributed by atoms with E-state index in [1.54, 1.807) is 54.5 Å². The lowest BCUT2D eigenvalue weighted by molar-refractivity contribution is 0.0776. The summed E-state index contributed by atoms with van der Waals surface area (Å²) in [4.78, 5) is 27.7. The zero-order valence-electron chi connectivity index (χ0n) is 16.1. The number of ketones is 1. The number of carbonyl (C=O) groups is 2. The molecular weight excluding hydrogens is 418 g/mol. The van der Waals surface area contributed by atoms with Crippen LogP contribution in [0.15, 0.2) is 59.2 Å². The Morgan fingerprint density at radius 2 is 1.71 bits per heavy atom. The number of rotatable bonds is 6. The van der Waals surface area contributed by atoms with E-state index in [1.807, 2.05) is 30.7 Å². The highest BCUT2D eigenvalue weighted by molar-refractivity contribution is 9.10. The summed E-state index contributed by atoms with van der Waals surface area (Å²) in [5, 5.41) is 4.29. The van der Waals surface area contributed by atoms with Crippen molar-refractivity contribution in [3.05, 3.63) is 87.1 Å². The minimum atomic E-state index is -0.202. The highest BCUT2D eigenvalue weighted by atomic mass is 79.9. The normalized spacial score (nSPS) is 10.7. The van der Waals surface area contributed by atoms with Gasteiger partial charge in [-0.2, -0.15) is 5.10 Å². The molecule has 0 aliphatic heterocycles. The third-order valence-electron chi connectivity index (χ3n) is 4.65. The number of halogens is 1. The lowest BCUT2D eigenvalue weighted by Gasteiger charge is -2.19. The summed E-state index contributed by atoms with van der Waals surface area (Å²) in [6.45, 7) is 5.08. The number of nitrogens with zero attached hydrogens (tertiary/aromatic N) is 3. The first-order valence-electron chi connectivity index (χ1n) is 9.08. The molecule has 0 atom stereocenters. The maximum Gasteiger partial charge on any atom is 0.254 e. The Hall–Kier alpha value is -2.73. The van der Waals surface area contributed by atoms with E-state index in [1.165, 1.54) is 0 Å². The Labute approximate surface area is 173 Å². The Bertz CT molecular complexity index is 1010. The van der Waals surface area contributed by atoms with E-state index in [4.69, 9.17) is 0 Å². The number of carbonyl (C=O) groups excluding carboxylic acids is 2. The molecule has 0 saturated heterocycles. The van der Waals surface area contributed by atoms with Gasteiger partial charge in [-0.05, 0) is 35.8 Å². The first kappa shape index (κ1) is 20.0. The fraction of sp³-hybridized carbons (Fsp3) is 0.227. The first-order valence-corrected chi connectivity index (χ1v) is 9.87. The molecule has 0 radical (unpaired) electrons. The third kappa shape index (κ3) is 4.07. The molecule has 5 nitrogen and oxygen atoms in total. The molecule has 0 unspecified atom stereocenters. The van der Waals surface area contributed by atoms with Crippen LogP contribution in [0.4, 0.5) is 0 Å². The zero-order valence-corrected chi connectivity index (χ0v) is 17.7. The number of hydrogen-bond acceptors (Lipinski definition) is 3. The molecule has 0 aliphatic carbocycles. The average molecular weight is 440 g/mol. The SMILES string of the molecule is CCn1ncc(Br)c1CN(C)C(=O)c1ccccc1C(=O)c1ccc(C)cc1. The predicted octanol–water partition coefficient (Wildman–Crippen LogP) is 4.48. The number of hydrogen-bond donors (Lipinski definition) is 0. The van der Waals surface area contributed by atoms with E-state index in [2.05, 4.69) is 21.0 Å². The van der Waals surface area contributed by atoms with Crippen molar-refractivity contribution < 1.29 is 9.59 Å². The molecule has 0 bridgehead atoms. The van der Waals surface area contributed by atoms with Crippen molar-refractivity contribution in [1.82, 2.24) is 14.7 Å². The van der Waals surface area contributed by atoms with Crippen LogP contribution in [0, 0.1) is 6.92 Å². The van der Waals surface area contributed by atoms with Gasteiger partial charge in [0, 0.05) is 24.7 Å². The molecule has 6 heteroatoms. The molecule has 28 heavy (non-hydrogen) atoms. The van der Waals surface area contributed by atoms with Crippen molar-refractivity contribution in [2.24, 2.45) is 0 Å². The van der Waals surface area contributed by atoms with Crippen LogP contribution in [-0.4, -0.2) is 33.4 Å². The van der Waals surface area contributed by atoms with Crippen molar-refractivity contribution in [1.29, 1.82) is 0 Å². The van der Waals surface area contributed by atoms with Gasteiger partial charge in [-0.3, -0.25) is 14.3 Å². The molecule has 3 rings (SSSR count). The van der Waals surface area contributed by atoms with Gasteiger partial charge in [-0.1, -0.05) is 48.0 Å². The maximum absolute atomic E-state index is 13.1. The van der Waals surface area contributed by atoms with Gasteiger partial charge in [0.1, 0.15) is 0 Å². The second-order valence-electron chi connectivity index (χ2n) is 6.66. The van der Waals surface area contributed by atoms with Gasteiger partial charge in [0.25, 0.3) is 5.91 Å². The summed E-state index contributed by atoms with van der Waals surface area (Å²) < 4.78 is 2.70. The van der Waals surface area contributed by atoms with Gasteiger partial charge in [0.2, 0.25) is 0 Å². The summed E-state index contributed by atoms with van der Waals surface area (Å²) >= 11 is 3.49. The van der Waals surface area contributed by atoms with Crippen LogP contribution in [0.3, 0.4) is 0 Å². The highest BCUT2D eigenvalue weighted by Gasteiger charge is 2.22. The van der Waals surface area contributed by atoms with E-state index in [-0.39, 0.29) is 11.7 Å². The fourth-order valence-electron chi connectivity index (χ4n) is 3.05. The van der Waals surface area contributed by atoms with Gasteiger partial charge >= 0.3 is 0 Å². The number of benzene rings is 2. The van der Waals surface area contributed by atoms with Gasteiger partial charge in [-0.15, -0.1) is 0 Å². The lowest BCUT2D eigenvalue weighted by atomic mass is 9.97. The van der Waals surface area contributed by atoms with Crippen LogP contribution in [0.25, 0.3) is 0 Å². The van der Waals surface area contributed by atoms with Crippen LogP contribution in [0.1, 0.15) is 44.5 Å². The van der Waals surface area contributed by atoms with Crippen LogP contribution < -0.4 is 0 Å². The zero-order chi connectivity index (χ0) is 20.3. The molecular formula is C22H22BrN3O2. The third-order valence-corrected chi connectivity index (χ3v) is 5.31. The second-order valence-corrected chi connectivity index (χ2v) is 7.51. The Morgan fingerprint density at radius 3 is 2.36 bits per heavy atom. The van der Waals surface area contributed by atoms with E-state index < -0.39 is 0 Å². The average Bonchev–Trinajstić information content (AvgIpc) is 3.07. The van der Waals surface area contributed by atoms with Crippen LogP contribution in [0.5, 0.6) is 0 Å². The van der Waals surface area contributed by atoms with E-state index in [0.717, 1.165) is 15.7 Å². The largest absolute Gasteiger partial charge is 0.336 e. The van der Waals surface area contributed by atoms with E-state index in [0.29, 0.717) is 29.8 Å². The number of amides is 1. The summed E-state index contributed by atoms with van der Waals surface area (Å²) in [6, 6.07) is 14.3. The Balaban J connectivity index is 1.89. The van der Waals surface area contributed by atoms with Crippen molar-refractivity contribution >= 4 is 27.6 Å². The molecule has 0 fully saturated rings. The smallest absolute Gasteiger partial charge is 0.254 e. The minimum absolute atomic E-state index is 0.155. The molecule has 1 aromatic heterocycles. The number of aryl methyl sites for hydroxylation is 2. The van der Waals surface area contributed by atoms with E-state index >= 15 is 0 Å². The standard InChI is InChI=1S/C22H22BrN3O2/c1-4-26-20(19(23)13-24-26)14-25(3)22(28)18-8-6-5-7-17(18)21(27)16-11-9-15(2)10-12-16/h5-13H,4,14H2,1-3H3. The van der Waals surface area contributed by atoms with Gasteiger partial charge in [0.15, 0.2) is 5.78 Å².